The number of aromatic carboxylic acids is 2. The third kappa shape index (κ3) is 2.07. The van der Waals surface area contributed by atoms with Crippen molar-refractivity contribution in [3.63, 3.8) is 0 Å². The van der Waals surface area contributed by atoms with Gasteiger partial charge in [-0.3, -0.25) is 0 Å². The Morgan fingerprint density at radius 3 is 1.79 bits per heavy atom. The van der Waals surface area contributed by atoms with Gasteiger partial charge in [-0.2, -0.15) is 0 Å². The Hall–Kier alpha value is -1.91. The van der Waals surface area contributed by atoms with Crippen LogP contribution in [0.5, 0.6) is 0 Å². The summed E-state index contributed by atoms with van der Waals surface area (Å²) >= 11 is 0. The van der Waals surface area contributed by atoms with Crippen LogP contribution in [0, 0.1) is 0 Å². The van der Waals surface area contributed by atoms with Crippen LogP contribution in [0.2, 0.25) is 0 Å². The molecule has 0 saturated heterocycles. The Bertz CT molecular complexity index is 354. The maximum atomic E-state index is 12.2. The van der Waals surface area contributed by atoms with Crippen molar-refractivity contribution in [2.45, 2.75) is 6.67 Å². The van der Waals surface area contributed by atoms with Crippen LogP contribution >= 0.6 is 0 Å². The van der Waals surface area contributed by atoms with E-state index in [0.29, 0.717) is 0 Å². The average Bonchev–Trinajstić information content (AvgIpc) is 2.16. The van der Waals surface area contributed by atoms with Gasteiger partial charge in [0.2, 0.25) is 0 Å². The quantitative estimate of drug-likeness (QED) is 0.772. The van der Waals surface area contributed by atoms with Crippen LogP contribution in [-0.2, 0) is 6.67 Å². The molecular formula is C9H7FO4. The largest absolute Gasteiger partial charge is 0.478 e. The van der Waals surface area contributed by atoms with E-state index in [1.807, 2.05) is 0 Å². The number of rotatable bonds is 3. The number of carbonyl (C=O) groups is 2. The Morgan fingerprint density at radius 2 is 1.50 bits per heavy atom. The number of carboxylic acid groups (broad SMARTS) is 2. The number of halogens is 1. The zero-order valence-electron chi connectivity index (χ0n) is 7.03. The van der Waals surface area contributed by atoms with Crippen molar-refractivity contribution in [1.82, 2.24) is 0 Å². The van der Waals surface area contributed by atoms with Crippen LogP contribution in [-0.4, -0.2) is 22.2 Å². The van der Waals surface area contributed by atoms with Gasteiger partial charge in [0.05, 0.1) is 11.1 Å². The lowest BCUT2D eigenvalue weighted by atomic mass is 10.1. The van der Waals surface area contributed by atoms with Gasteiger partial charge in [0, 0.05) is 0 Å². The molecular weight excluding hydrogens is 191 g/mol. The number of hydrogen-bond donors (Lipinski definition) is 2. The molecule has 4 nitrogen and oxygen atoms in total. The zero-order valence-corrected chi connectivity index (χ0v) is 7.03. The van der Waals surface area contributed by atoms with Gasteiger partial charge in [-0.15, -0.1) is 0 Å². The molecule has 1 aromatic carbocycles. The lowest BCUT2D eigenvalue weighted by Crippen LogP contribution is -2.03. The SMILES string of the molecule is O=C(O)c1cc(CF)cc(C(=O)O)c1. The molecule has 0 saturated carbocycles. The molecule has 0 bridgehead atoms. The molecule has 0 unspecified atom stereocenters. The summed E-state index contributed by atoms with van der Waals surface area (Å²) in [6.45, 7) is -0.887. The lowest BCUT2D eigenvalue weighted by molar-refractivity contribution is 0.0696. The number of benzene rings is 1. The van der Waals surface area contributed by atoms with Gasteiger partial charge in [-0.1, -0.05) is 0 Å². The molecule has 0 spiro atoms. The topological polar surface area (TPSA) is 74.6 Å². The van der Waals surface area contributed by atoms with Gasteiger partial charge in [0.15, 0.2) is 0 Å². The first-order chi connectivity index (χ1) is 6.54. The second kappa shape index (κ2) is 3.87. The first-order valence-corrected chi connectivity index (χ1v) is 3.71. The summed E-state index contributed by atoms with van der Waals surface area (Å²) in [5.41, 5.74) is -0.405. The van der Waals surface area contributed by atoms with E-state index in [1.165, 1.54) is 0 Å². The third-order valence-electron chi connectivity index (χ3n) is 1.64. The molecule has 0 aliphatic carbocycles. The van der Waals surface area contributed by atoms with E-state index in [4.69, 9.17) is 10.2 Å². The smallest absolute Gasteiger partial charge is 0.335 e. The number of carboxylic acids is 2. The summed E-state index contributed by atoms with van der Waals surface area (Å²) < 4.78 is 12.2. The molecule has 74 valence electrons. The first kappa shape index (κ1) is 10.2. The zero-order chi connectivity index (χ0) is 10.7. The fraction of sp³-hybridized carbons (Fsp3) is 0.111. The van der Waals surface area contributed by atoms with Gasteiger partial charge in [0.25, 0.3) is 0 Å². The van der Waals surface area contributed by atoms with Gasteiger partial charge in [-0.25, -0.2) is 14.0 Å². The molecule has 14 heavy (non-hydrogen) atoms. The van der Waals surface area contributed by atoms with Crippen molar-refractivity contribution < 1.29 is 24.2 Å². The van der Waals surface area contributed by atoms with E-state index in [0.717, 1.165) is 18.2 Å². The second-order valence-corrected chi connectivity index (χ2v) is 2.66. The fourth-order valence-corrected chi connectivity index (χ4v) is 1.02. The third-order valence-corrected chi connectivity index (χ3v) is 1.64. The van der Waals surface area contributed by atoms with E-state index in [-0.39, 0.29) is 16.7 Å². The van der Waals surface area contributed by atoms with Crippen LogP contribution in [0.1, 0.15) is 26.3 Å². The van der Waals surface area contributed by atoms with Crippen LogP contribution in [0.25, 0.3) is 0 Å². The predicted molar refractivity (Wildman–Crippen MR) is 45.2 cm³/mol. The highest BCUT2D eigenvalue weighted by Gasteiger charge is 2.10. The number of hydrogen-bond acceptors (Lipinski definition) is 2. The predicted octanol–water partition coefficient (Wildman–Crippen LogP) is 1.55. The van der Waals surface area contributed by atoms with Crippen molar-refractivity contribution >= 4 is 11.9 Å². The molecule has 0 aromatic heterocycles. The summed E-state index contributed by atoms with van der Waals surface area (Å²) in [4.78, 5) is 21.1. The van der Waals surface area contributed by atoms with Crippen LogP contribution in [0.3, 0.4) is 0 Å². The van der Waals surface area contributed by atoms with Crippen molar-refractivity contribution in [3.05, 3.63) is 34.9 Å². The van der Waals surface area contributed by atoms with Crippen molar-refractivity contribution in [2.75, 3.05) is 0 Å². The Labute approximate surface area is 78.6 Å². The van der Waals surface area contributed by atoms with Crippen molar-refractivity contribution in [3.8, 4) is 0 Å². The van der Waals surface area contributed by atoms with Crippen LogP contribution < -0.4 is 0 Å². The van der Waals surface area contributed by atoms with E-state index in [1.54, 1.807) is 0 Å². The Balaban J connectivity index is 3.27. The summed E-state index contributed by atoms with van der Waals surface area (Å²) in [6.07, 6.45) is 0. The van der Waals surface area contributed by atoms with E-state index in [2.05, 4.69) is 0 Å². The maximum absolute atomic E-state index is 12.2. The molecule has 0 radical (unpaired) electrons. The first-order valence-electron chi connectivity index (χ1n) is 3.71. The minimum Gasteiger partial charge on any atom is -0.478 e. The van der Waals surface area contributed by atoms with E-state index in [9.17, 15) is 14.0 Å². The summed E-state index contributed by atoms with van der Waals surface area (Å²) in [7, 11) is 0. The maximum Gasteiger partial charge on any atom is 0.335 e. The normalized spacial score (nSPS) is 9.79. The van der Waals surface area contributed by atoms with Gasteiger partial charge >= 0.3 is 11.9 Å². The summed E-state index contributed by atoms with van der Waals surface area (Å²) in [5.74, 6) is -2.55. The van der Waals surface area contributed by atoms with E-state index >= 15 is 0 Å². The highest BCUT2D eigenvalue weighted by Crippen LogP contribution is 2.11. The van der Waals surface area contributed by atoms with Gasteiger partial charge < -0.3 is 10.2 Å². The highest BCUT2D eigenvalue weighted by molar-refractivity contribution is 5.94. The monoisotopic (exact) mass is 198 g/mol. The van der Waals surface area contributed by atoms with E-state index < -0.39 is 18.6 Å². The summed E-state index contributed by atoms with van der Waals surface area (Å²) in [6, 6.07) is 3.20. The molecule has 0 heterocycles. The molecule has 2 N–H and O–H groups in total. The second-order valence-electron chi connectivity index (χ2n) is 2.66. The molecule has 0 atom stereocenters. The molecule has 0 aliphatic heterocycles. The Kier molecular flexibility index (Phi) is 2.81. The van der Waals surface area contributed by atoms with Crippen molar-refractivity contribution in [1.29, 1.82) is 0 Å². The van der Waals surface area contributed by atoms with Crippen LogP contribution in [0.15, 0.2) is 18.2 Å². The molecule has 1 aromatic rings. The minimum atomic E-state index is -1.28. The lowest BCUT2D eigenvalue weighted by Gasteiger charge is -2.01. The molecule has 0 amide bonds. The minimum absolute atomic E-state index is 0.0438. The molecule has 0 fully saturated rings. The number of alkyl halides is 1. The average molecular weight is 198 g/mol. The summed E-state index contributed by atoms with van der Waals surface area (Å²) in [5, 5.41) is 17.2. The van der Waals surface area contributed by atoms with Crippen LogP contribution in [0.4, 0.5) is 4.39 Å². The highest BCUT2D eigenvalue weighted by atomic mass is 19.1. The Morgan fingerprint density at radius 1 is 1.07 bits per heavy atom. The molecule has 0 aliphatic rings. The fourth-order valence-electron chi connectivity index (χ4n) is 1.02. The standard InChI is InChI=1S/C9H7FO4/c10-4-5-1-6(8(11)12)3-7(2-5)9(13)14/h1-3H,4H2,(H,11,12)(H,13,14). The van der Waals surface area contributed by atoms with Crippen molar-refractivity contribution in [2.24, 2.45) is 0 Å². The molecule has 5 heteroatoms. The molecule has 1 rings (SSSR count). The van der Waals surface area contributed by atoms with Gasteiger partial charge in [0.1, 0.15) is 6.67 Å². The van der Waals surface area contributed by atoms with Gasteiger partial charge in [-0.05, 0) is 23.8 Å².